The number of β-amino-alcohol motifs (C(OH)–C–C–N with tert-alkyl or cyclic N) is 1. The zero-order chi connectivity index (χ0) is 74.9. The topological polar surface area (TPSA) is 458 Å². The molecule has 0 unspecified atom stereocenters. The van der Waals surface area contributed by atoms with Gasteiger partial charge in [-0.05, 0) is 104 Å². The Morgan fingerprint density at radius 1 is 0.663 bits per heavy atom. The molecule has 5 aliphatic rings. The number of carbonyl (C=O) groups is 7. The molecule has 1 aliphatic carbocycles. The quantitative estimate of drug-likeness (QED) is 0.0284. The van der Waals surface area contributed by atoms with Gasteiger partial charge >= 0.3 is 0 Å². The van der Waals surface area contributed by atoms with Gasteiger partial charge in [-0.3, -0.25) is 38.5 Å². The number of rotatable bonds is 25. The van der Waals surface area contributed by atoms with Crippen molar-refractivity contribution < 1.29 is 99.2 Å². The van der Waals surface area contributed by atoms with E-state index in [1.807, 2.05) is 25.3 Å². The number of piperazine rings is 1. The third-order valence-corrected chi connectivity index (χ3v) is 20.8. The number of aromatic hydroxyl groups is 1. The van der Waals surface area contributed by atoms with Crippen molar-refractivity contribution in [2.75, 3.05) is 104 Å². The standard InChI is InChI=1S/C73H103N11O20/c1-42-36-84-64(65(42)95)70(100)76-35-53(90)33-55(77-66(96)47-12-10-45(11-13-47)46-14-16-51(17-15-46)81-26-28-82(29-27-81)52-19-22-73(103-3,23-20-52)48-7-5-4-6-8-48)67(97)78-61(43(2)89)71(101)83-37-54(91)34-56(83)68(98)79-62(69(99)80-63(72(84)102)58(93)21-24-74-49(38-85)39-86)59(94)31-44-9-18-57(92)60(32-44)104-30-25-75-50(40-87)41-88/h4-18,32,42-43,49-50,52-56,58-59,61-65,74-75,85-95H,19-31,33-41H2,1-3H3,(H,76,100)(H,77,96)(H,78,97)(H,79,98)(H,80,99)/t42-,43+,52?,53+,54+,55-,56-,58+,59+,61-,62-,63-,64-,65-,73?/m0/s1. The Kier molecular flexibility index (Phi) is 28.7. The molecule has 4 aromatic rings. The van der Waals surface area contributed by atoms with E-state index in [-0.39, 0.29) is 67.7 Å². The number of aliphatic hydroxyl groups is 10. The zero-order valence-corrected chi connectivity index (χ0v) is 58.9. The third kappa shape index (κ3) is 19.9. The predicted octanol–water partition coefficient (Wildman–Crippen LogP) is -3.73. The molecule has 4 heterocycles. The molecule has 1 saturated carbocycles. The van der Waals surface area contributed by atoms with Crippen LogP contribution in [0.2, 0.25) is 0 Å². The molecule has 0 radical (unpaired) electrons. The summed E-state index contributed by atoms with van der Waals surface area (Å²) in [6.07, 6.45) is -8.45. The summed E-state index contributed by atoms with van der Waals surface area (Å²) in [7, 11) is 1.81. The summed E-state index contributed by atoms with van der Waals surface area (Å²) in [5.74, 6) is -9.09. The number of nitrogens with zero attached hydrogens (tertiary/aromatic N) is 4. The van der Waals surface area contributed by atoms with Crippen LogP contribution in [-0.4, -0.2) is 302 Å². The van der Waals surface area contributed by atoms with E-state index in [1.54, 1.807) is 12.1 Å². The fraction of sp³-hybridized carbons (Fsp3) is 0.575. The number of anilines is 1. The maximum Gasteiger partial charge on any atom is 0.251 e. The van der Waals surface area contributed by atoms with Gasteiger partial charge in [-0.15, -0.1) is 0 Å². The normalized spacial score (nSPS) is 27.5. The molecule has 13 atom stereocenters. The van der Waals surface area contributed by atoms with E-state index < -0.39 is 184 Å². The smallest absolute Gasteiger partial charge is 0.251 e. The number of hydrogen-bond acceptors (Lipinski definition) is 24. The average molecular weight is 1450 g/mol. The molecule has 5 fully saturated rings. The van der Waals surface area contributed by atoms with Gasteiger partial charge in [0.05, 0.1) is 80.7 Å². The molecule has 7 amide bonds. The molecule has 570 valence electrons. The fourth-order valence-corrected chi connectivity index (χ4v) is 14.5. The number of benzene rings is 4. The van der Waals surface area contributed by atoms with Gasteiger partial charge in [0.15, 0.2) is 11.5 Å². The number of hydrogen-bond donors (Lipinski definition) is 18. The van der Waals surface area contributed by atoms with E-state index >= 15 is 9.59 Å². The van der Waals surface area contributed by atoms with Crippen LogP contribution in [0.5, 0.6) is 11.5 Å². The molecule has 31 heteroatoms. The Morgan fingerprint density at radius 3 is 1.89 bits per heavy atom. The van der Waals surface area contributed by atoms with Gasteiger partial charge < -0.3 is 118 Å². The van der Waals surface area contributed by atoms with Crippen LogP contribution < -0.4 is 46.9 Å². The first-order valence-corrected chi connectivity index (χ1v) is 35.7. The van der Waals surface area contributed by atoms with Crippen molar-refractivity contribution in [1.82, 2.24) is 51.9 Å². The monoisotopic (exact) mass is 1450 g/mol. The van der Waals surface area contributed by atoms with Gasteiger partial charge in [0.1, 0.15) is 42.9 Å². The fourth-order valence-electron chi connectivity index (χ4n) is 14.5. The first-order valence-electron chi connectivity index (χ1n) is 35.7. The van der Waals surface area contributed by atoms with Crippen molar-refractivity contribution in [3.63, 3.8) is 0 Å². The number of methoxy groups -OCH3 is 1. The summed E-state index contributed by atoms with van der Waals surface area (Å²) in [6.45, 7) is 2.60. The van der Waals surface area contributed by atoms with E-state index in [4.69, 9.17) is 9.47 Å². The summed E-state index contributed by atoms with van der Waals surface area (Å²) < 4.78 is 11.9. The summed E-state index contributed by atoms with van der Waals surface area (Å²) in [5.41, 5.74) is 3.91. The Balaban J connectivity index is 0.945. The highest BCUT2D eigenvalue weighted by Crippen LogP contribution is 2.42. The van der Waals surface area contributed by atoms with Crippen LogP contribution in [0.3, 0.4) is 0 Å². The summed E-state index contributed by atoms with van der Waals surface area (Å²) >= 11 is 0. The minimum atomic E-state index is -2.14. The van der Waals surface area contributed by atoms with Gasteiger partial charge in [0, 0.05) is 102 Å². The van der Waals surface area contributed by atoms with Crippen LogP contribution in [0.4, 0.5) is 5.69 Å². The molecule has 104 heavy (non-hydrogen) atoms. The van der Waals surface area contributed by atoms with Gasteiger partial charge in [-0.2, -0.15) is 0 Å². The number of amides is 7. The lowest BCUT2D eigenvalue weighted by Crippen LogP contribution is -2.64. The van der Waals surface area contributed by atoms with E-state index in [2.05, 4.69) is 83.4 Å². The number of phenols is 1. The third-order valence-electron chi connectivity index (χ3n) is 20.8. The second kappa shape index (κ2) is 37.3. The first kappa shape index (κ1) is 80.1. The molecular weight excluding hydrogens is 1350 g/mol. The number of carbonyl (C=O) groups excluding carboxylic acids is 7. The summed E-state index contributed by atoms with van der Waals surface area (Å²) in [5, 5.41) is 137. The molecule has 0 bridgehead atoms. The Bertz CT molecular complexity index is 3490. The van der Waals surface area contributed by atoms with Gasteiger partial charge in [-0.25, -0.2) is 0 Å². The Labute approximate surface area is 603 Å². The van der Waals surface area contributed by atoms with Gasteiger partial charge in [0.25, 0.3) is 5.91 Å². The number of aliphatic hydroxyl groups excluding tert-OH is 10. The van der Waals surface area contributed by atoms with Crippen LogP contribution in [0.15, 0.2) is 97.1 Å². The highest BCUT2D eigenvalue weighted by atomic mass is 16.5. The van der Waals surface area contributed by atoms with Crippen molar-refractivity contribution in [1.29, 1.82) is 0 Å². The summed E-state index contributed by atoms with van der Waals surface area (Å²) in [6, 6.07) is 16.5. The van der Waals surface area contributed by atoms with Crippen LogP contribution in [-0.2, 0) is 45.5 Å². The zero-order valence-electron chi connectivity index (χ0n) is 58.9. The lowest BCUT2D eigenvalue weighted by Gasteiger charge is -2.46. The average Bonchev–Trinajstić information content (AvgIpc) is 1.51. The molecule has 9 rings (SSSR count). The van der Waals surface area contributed by atoms with Crippen molar-refractivity contribution in [3.05, 3.63) is 114 Å². The SMILES string of the molecule is COC1(c2ccccc2)CCC(N2CCN(c3ccc(-c4ccc(C(=O)N[C@H]5C[C@@H](O)CNC(=O)[C@@H]6[C@@H](O)[C@@H](C)CN6C(=O)[C@H]([C@H](O)CCNC(CO)CO)NC(=O)[C@H]([C@H](O)Cc6ccc(O)c(OCCNC(CO)CO)c6)NC(=O)[C@@H]6C[C@@H](O)CN6C(=O)[C@H]([C@@H](C)O)NC5=O)cc4)cc3)CC2)CC1. The van der Waals surface area contributed by atoms with Crippen LogP contribution in [0.25, 0.3) is 11.1 Å². The van der Waals surface area contributed by atoms with Crippen LogP contribution in [0, 0.1) is 5.92 Å². The molecule has 18 N–H and O–H groups in total. The first-order chi connectivity index (χ1) is 49.9. The lowest BCUT2D eigenvalue weighted by molar-refractivity contribution is -0.147. The molecule has 4 saturated heterocycles. The molecule has 4 aliphatic heterocycles. The molecule has 0 spiro atoms. The highest BCUT2D eigenvalue weighted by molar-refractivity contribution is 6.00. The number of phenolic OH excluding ortho intramolecular Hbond substituents is 1. The van der Waals surface area contributed by atoms with Crippen LogP contribution in [0.1, 0.15) is 80.3 Å². The maximum absolute atomic E-state index is 15.1. The molecule has 31 nitrogen and oxygen atoms in total. The van der Waals surface area contributed by atoms with Crippen molar-refractivity contribution in [3.8, 4) is 22.6 Å². The Hall–Kier alpha value is -7.99. The predicted molar refractivity (Wildman–Crippen MR) is 378 cm³/mol. The second-order valence-electron chi connectivity index (χ2n) is 27.9. The number of fused-ring (bicyclic) bond motifs is 2. The van der Waals surface area contributed by atoms with E-state index in [1.165, 1.54) is 42.8 Å². The van der Waals surface area contributed by atoms with E-state index in [0.29, 0.717) is 6.04 Å². The minimum Gasteiger partial charge on any atom is -0.504 e. The lowest BCUT2D eigenvalue weighted by atomic mass is 9.77. The van der Waals surface area contributed by atoms with Gasteiger partial charge in [0.2, 0.25) is 35.4 Å². The second-order valence-corrected chi connectivity index (χ2v) is 27.9. The van der Waals surface area contributed by atoms with Crippen molar-refractivity contribution in [2.24, 2.45) is 5.92 Å². The number of nitrogens with one attached hydrogen (secondary N) is 7. The summed E-state index contributed by atoms with van der Waals surface area (Å²) in [4.78, 5) is 110. The maximum atomic E-state index is 15.1. The number of ether oxygens (including phenoxy) is 2. The van der Waals surface area contributed by atoms with Crippen molar-refractivity contribution >= 4 is 47.0 Å². The van der Waals surface area contributed by atoms with E-state index in [0.717, 1.165) is 85.4 Å². The van der Waals surface area contributed by atoms with Crippen LogP contribution >= 0.6 is 0 Å². The molecular formula is C73H103N11O20. The van der Waals surface area contributed by atoms with Gasteiger partial charge in [-0.1, -0.05) is 67.6 Å². The Morgan fingerprint density at radius 2 is 1.27 bits per heavy atom. The highest BCUT2D eigenvalue weighted by Gasteiger charge is 2.50. The largest absolute Gasteiger partial charge is 0.504 e. The molecule has 0 aromatic heterocycles. The van der Waals surface area contributed by atoms with Crippen molar-refractivity contribution in [2.45, 2.75) is 162 Å². The minimum absolute atomic E-state index is 0.0684. The molecule has 4 aromatic carbocycles. The van der Waals surface area contributed by atoms with E-state index in [9.17, 15) is 80.1 Å².